The van der Waals surface area contributed by atoms with E-state index in [1.165, 1.54) is 18.2 Å². The molecule has 39 heavy (non-hydrogen) atoms. The number of hydrogen-bond donors (Lipinski definition) is 2. The minimum absolute atomic E-state index is 0.0225. The third kappa shape index (κ3) is 7.23. The summed E-state index contributed by atoms with van der Waals surface area (Å²) in [5.74, 6) is 0.135. The lowest BCUT2D eigenvalue weighted by atomic mass is 10.1. The van der Waals surface area contributed by atoms with Crippen LogP contribution in [0, 0.1) is 11.8 Å². The molecule has 0 saturated heterocycles. The van der Waals surface area contributed by atoms with E-state index in [1.54, 1.807) is 44.2 Å². The number of pyridine rings is 2. The summed E-state index contributed by atoms with van der Waals surface area (Å²) in [5, 5.41) is -0.352. The standard InChI is InChI=1S/C28H34FN5O4S/c1-4-15-34(17-19-11-12-19)27-22(28(35)33-39(36,37)25-10-6-9-24(30)32-25)13-14-23(31-27)20-7-5-8-21(16-20)38-26(29)18(2)3/h5-10,13-14,16,18-19,26H,4,11-12,15,17H2,1-3H3,(H2,30,32)(H,33,35)/t26-/m1/s1. The molecular weight excluding hydrogens is 521 g/mol. The molecule has 3 aromatic rings. The number of anilines is 2. The fraction of sp³-hybridized carbons (Fsp3) is 0.393. The first-order valence-electron chi connectivity index (χ1n) is 13.0. The maximum atomic E-state index is 14.2. The summed E-state index contributed by atoms with van der Waals surface area (Å²) in [7, 11) is -4.27. The summed E-state index contributed by atoms with van der Waals surface area (Å²) in [4.78, 5) is 24.0. The van der Waals surface area contributed by atoms with E-state index in [1.807, 2.05) is 17.9 Å². The Morgan fingerprint density at radius 1 is 1.15 bits per heavy atom. The topological polar surface area (TPSA) is 128 Å². The van der Waals surface area contributed by atoms with E-state index in [4.69, 9.17) is 15.5 Å². The van der Waals surface area contributed by atoms with E-state index in [2.05, 4.69) is 9.71 Å². The van der Waals surface area contributed by atoms with Crippen molar-refractivity contribution in [2.45, 2.75) is 51.4 Å². The van der Waals surface area contributed by atoms with Crippen molar-refractivity contribution in [1.82, 2.24) is 14.7 Å². The molecule has 2 heterocycles. The molecule has 0 spiro atoms. The molecule has 4 rings (SSSR count). The first-order valence-corrected chi connectivity index (χ1v) is 14.5. The number of rotatable bonds is 12. The molecule has 1 saturated carbocycles. The molecule has 0 unspecified atom stereocenters. The summed E-state index contributed by atoms with van der Waals surface area (Å²) in [6.45, 7) is 6.84. The Kier molecular flexibility index (Phi) is 8.69. The van der Waals surface area contributed by atoms with Gasteiger partial charge in [0.1, 0.15) is 17.4 Å². The molecule has 1 amide bonds. The van der Waals surface area contributed by atoms with E-state index in [-0.39, 0.29) is 22.3 Å². The van der Waals surface area contributed by atoms with Crippen molar-refractivity contribution in [3.8, 4) is 17.0 Å². The highest BCUT2D eigenvalue weighted by Crippen LogP contribution is 2.33. The zero-order valence-corrected chi connectivity index (χ0v) is 23.1. The Bertz CT molecular complexity index is 1430. The summed E-state index contributed by atoms with van der Waals surface area (Å²) in [6, 6.07) is 14.3. The van der Waals surface area contributed by atoms with Crippen LogP contribution in [0.15, 0.2) is 59.6 Å². The number of nitrogen functional groups attached to an aromatic ring is 1. The lowest BCUT2D eigenvalue weighted by Crippen LogP contribution is -2.35. The van der Waals surface area contributed by atoms with Crippen LogP contribution in [-0.4, -0.2) is 43.7 Å². The molecule has 11 heteroatoms. The highest BCUT2D eigenvalue weighted by Gasteiger charge is 2.29. The van der Waals surface area contributed by atoms with Gasteiger partial charge in [-0.05, 0) is 61.6 Å². The van der Waals surface area contributed by atoms with E-state index in [9.17, 15) is 17.6 Å². The van der Waals surface area contributed by atoms with Gasteiger partial charge in [0, 0.05) is 24.6 Å². The van der Waals surface area contributed by atoms with Crippen molar-refractivity contribution in [3.63, 3.8) is 0 Å². The number of carbonyl (C=O) groups excluding carboxylic acids is 1. The van der Waals surface area contributed by atoms with Gasteiger partial charge in [-0.1, -0.05) is 39.0 Å². The van der Waals surface area contributed by atoms with Crippen LogP contribution in [0.1, 0.15) is 50.4 Å². The van der Waals surface area contributed by atoms with Gasteiger partial charge in [-0.15, -0.1) is 0 Å². The van der Waals surface area contributed by atoms with Gasteiger partial charge in [-0.3, -0.25) is 4.79 Å². The maximum Gasteiger partial charge on any atom is 0.281 e. The zero-order valence-electron chi connectivity index (χ0n) is 22.3. The van der Waals surface area contributed by atoms with Gasteiger partial charge in [0.05, 0.1) is 11.3 Å². The quantitative estimate of drug-likeness (QED) is 0.326. The van der Waals surface area contributed by atoms with Crippen LogP contribution in [-0.2, 0) is 10.0 Å². The molecule has 3 N–H and O–H groups in total. The molecule has 1 aliphatic rings. The molecule has 0 aliphatic heterocycles. The van der Waals surface area contributed by atoms with Crippen LogP contribution < -0.4 is 20.1 Å². The average Bonchev–Trinajstić information content (AvgIpc) is 3.72. The Morgan fingerprint density at radius 3 is 2.56 bits per heavy atom. The maximum absolute atomic E-state index is 14.2. The Labute approximate surface area is 228 Å². The van der Waals surface area contributed by atoms with Crippen molar-refractivity contribution in [2.75, 3.05) is 23.7 Å². The number of nitrogens with one attached hydrogen (secondary N) is 1. The van der Waals surface area contributed by atoms with Crippen LogP contribution in [0.2, 0.25) is 0 Å². The number of amides is 1. The molecular formula is C28H34FN5O4S. The minimum atomic E-state index is -4.27. The lowest BCUT2D eigenvalue weighted by Gasteiger charge is -2.26. The van der Waals surface area contributed by atoms with Gasteiger partial charge in [-0.25, -0.2) is 19.1 Å². The average molecular weight is 556 g/mol. The second kappa shape index (κ2) is 12.0. The number of nitrogens with zero attached hydrogens (tertiary/aromatic N) is 3. The van der Waals surface area contributed by atoms with Crippen LogP contribution in [0.25, 0.3) is 11.3 Å². The fourth-order valence-electron chi connectivity index (χ4n) is 4.00. The molecule has 1 aliphatic carbocycles. The van der Waals surface area contributed by atoms with Crippen molar-refractivity contribution >= 4 is 27.6 Å². The largest absolute Gasteiger partial charge is 0.460 e. The van der Waals surface area contributed by atoms with Gasteiger partial charge < -0.3 is 15.4 Å². The van der Waals surface area contributed by atoms with Crippen LogP contribution in [0.3, 0.4) is 0 Å². The van der Waals surface area contributed by atoms with Gasteiger partial charge in [0.2, 0.25) is 6.36 Å². The summed E-state index contributed by atoms with van der Waals surface area (Å²) >= 11 is 0. The number of sulfonamides is 1. The van der Waals surface area contributed by atoms with Gasteiger partial charge in [0.25, 0.3) is 15.9 Å². The smallest absolute Gasteiger partial charge is 0.281 e. The monoisotopic (exact) mass is 555 g/mol. The minimum Gasteiger partial charge on any atom is -0.460 e. The van der Waals surface area contributed by atoms with Crippen molar-refractivity contribution in [1.29, 1.82) is 0 Å². The Balaban J connectivity index is 1.71. The molecule has 2 aromatic heterocycles. The number of alkyl halides is 1. The van der Waals surface area contributed by atoms with E-state index in [0.717, 1.165) is 19.3 Å². The van der Waals surface area contributed by atoms with Crippen LogP contribution >= 0.6 is 0 Å². The predicted molar refractivity (Wildman–Crippen MR) is 149 cm³/mol. The molecule has 1 atom stereocenters. The first-order chi connectivity index (χ1) is 18.6. The van der Waals surface area contributed by atoms with Crippen molar-refractivity contribution < 1.29 is 22.3 Å². The third-order valence-electron chi connectivity index (χ3n) is 6.24. The SMILES string of the molecule is CCCN(CC1CC1)c1nc(-c2cccc(O[C@@H](F)C(C)C)c2)ccc1C(=O)NS(=O)(=O)c1cccc(N)n1. The summed E-state index contributed by atoms with van der Waals surface area (Å²) in [5.41, 5.74) is 6.98. The molecule has 1 fully saturated rings. The molecule has 0 radical (unpaired) electrons. The van der Waals surface area contributed by atoms with Crippen LogP contribution in [0.4, 0.5) is 16.0 Å². The normalized spacial score (nSPS) is 14.2. The zero-order chi connectivity index (χ0) is 28.2. The summed E-state index contributed by atoms with van der Waals surface area (Å²) < 4.78 is 47.5. The molecule has 1 aromatic carbocycles. The number of hydrogen-bond acceptors (Lipinski definition) is 8. The second-order valence-corrected chi connectivity index (χ2v) is 11.7. The fourth-order valence-corrected chi connectivity index (χ4v) is 4.94. The molecule has 208 valence electrons. The highest BCUT2D eigenvalue weighted by molar-refractivity contribution is 7.90. The summed E-state index contributed by atoms with van der Waals surface area (Å²) in [6.07, 6.45) is 1.54. The van der Waals surface area contributed by atoms with E-state index >= 15 is 0 Å². The van der Waals surface area contributed by atoms with Gasteiger partial charge >= 0.3 is 0 Å². The predicted octanol–water partition coefficient (Wildman–Crippen LogP) is 4.80. The number of carbonyl (C=O) groups is 1. The Hall–Kier alpha value is -3.73. The first kappa shape index (κ1) is 28.3. The number of halogens is 1. The number of nitrogens with two attached hydrogens (primary N) is 1. The molecule has 9 nitrogen and oxygen atoms in total. The van der Waals surface area contributed by atoms with Crippen molar-refractivity contribution in [3.05, 3.63) is 60.2 Å². The number of ether oxygens (including phenoxy) is 1. The molecule has 0 bridgehead atoms. The number of aromatic nitrogens is 2. The van der Waals surface area contributed by atoms with Crippen molar-refractivity contribution in [2.24, 2.45) is 11.8 Å². The second-order valence-electron chi connectivity index (χ2n) is 10.0. The van der Waals surface area contributed by atoms with Gasteiger partial charge in [-0.2, -0.15) is 8.42 Å². The highest BCUT2D eigenvalue weighted by atomic mass is 32.2. The number of benzene rings is 1. The van der Waals surface area contributed by atoms with E-state index < -0.39 is 22.3 Å². The van der Waals surface area contributed by atoms with E-state index in [0.29, 0.717) is 41.8 Å². The Morgan fingerprint density at radius 2 is 1.90 bits per heavy atom. The van der Waals surface area contributed by atoms with Crippen LogP contribution in [0.5, 0.6) is 5.75 Å². The third-order valence-corrected chi connectivity index (χ3v) is 7.47. The van der Waals surface area contributed by atoms with Gasteiger partial charge in [0.15, 0.2) is 5.03 Å². The lowest BCUT2D eigenvalue weighted by molar-refractivity contribution is 0.0258.